The van der Waals surface area contributed by atoms with Gasteiger partial charge in [-0.05, 0) is 25.1 Å². The van der Waals surface area contributed by atoms with E-state index in [2.05, 4.69) is 10.3 Å². The molecular weight excluding hydrogens is 296 g/mol. The molecule has 0 aliphatic carbocycles. The van der Waals surface area contributed by atoms with E-state index >= 15 is 0 Å². The van der Waals surface area contributed by atoms with Gasteiger partial charge < -0.3 is 10.4 Å². The molecule has 22 heavy (non-hydrogen) atoms. The molecule has 110 valence electrons. The van der Waals surface area contributed by atoms with Crippen LogP contribution in [0, 0.1) is 6.92 Å². The zero-order valence-electron chi connectivity index (χ0n) is 11.9. The van der Waals surface area contributed by atoms with E-state index in [-0.39, 0.29) is 5.56 Å². The topological polar surface area (TPSA) is 62.2 Å². The van der Waals surface area contributed by atoms with Crippen LogP contribution in [0.1, 0.15) is 15.2 Å². The van der Waals surface area contributed by atoms with Crippen LogP contribution in [0.2, 0.25) is 0 Å². The average Bonchev–Trinajstić information content (AvgIpc) is 2.89. The van der Waals surface area contributed by atoms with Gasteiger partial charge >= 0.3 is 5.97 Å². The Kier molecular flexibility index (Phi) is 3.89. The van der Waals surface area contributed by atoms with E-state index in [1.807, 2.05) is 43.3 Å². The monoisotopic (exact) mass is 310 g/mol. The molecule has 0 aliphatic rings. The van der Waals surface area contributed by atoms with E-state index in [1.54, 1.807) is 29.5 Å². The number of carbonyl (C=O) groups is 1. The second-order valence-corrected chi connectivity index (χ2v) is 6.00. The number of aromatic carboxylic acids is 1. The third kappa shape index (κ3) is 2.99. The Labute approximate surface area is 132 Å². The van der Waals surface area contributed by atoms with Crippen LogP contribution in [0.5, 0.6) is 0 Å². The number of thiazole rings is 1. The SMILES string of the molecule is Cc1sc(Nc2cccc(C(=O)O)c2)nc1-c1ccccc1. The molecule has 0 fully saturated rings. The Morgan fingerprint density at radius 1 is 1.14 bits per heavy atom. The van der Waals surface area contributed by atoms with Crippen molar-refractivity contribution >= 4 is 28.1 Å². The summed E-state index contributed by atoms with van der Waals surface area (Å²) in [6, 6.07) is 16.7. The van der Waals surface area contributed by atoms with E-state index < -0.39 is 5.97 Å². The smallest absolute Gasteiger partial charge is 0.335 e. The van der Waals surface area contributed by atoms with Crippen molar-refractivity contribution < 1.29 is 9.90 Å². The predicted octanol–water partition coefficient (Wildman–Crippen LogP) is 4.56. The third-order valence-electron chi connectivity index (χ3n) is 3.20. The van der Waals surface area contributed by atoms with E-state index in [0.29, 0.717) is 5.69 Å². The molecule has 1 heterocycles. The number of aryl methyl sites for hydroxylation is 1. The Morgan fingerprint density at radius 2 is 1.91 bits per heavy atom. The molecular formula is C17H14N2O2S. The van der Waals surface area contributed by atoms with Crippen LogP contribution in [0.4, 0.5) is 10.8 Å². The summed E-state index contributed by atoms with van der Waals surface area (Å²) in [5, 5.41) is 13.0. The fourth-order valence-electron chi connectivity index (χ4n) is 2.17. The van der Waals surface area contributed by atoms with Gasteiger partial charge in [-0.25, -0.2) is 9.78 Å². The molecule has 5 heteroatoms. The molecule has 3 aromatic rings. The first kappa shape index (κ1) is 14.3. The number of rotatable bonds is 4. The van der Waals surface area contributed by atoms with Gasteiger partial charge in [0, 0.05) is 16.1 Å². The number of aromatic nitrogens is 1. The minimum Gasteiger partial charge on any atom is -0.478 e. The molecule has 1 aromatic heterocycles. The van der Waals surface area contributed by atoms with Gasteiger partial charge in [0.05, 0.1) is 11.3 Å². The first-order valence-corrected chi connectivity index (χ1v) is 7.58. The normalized spacial score (nSPS) is 10.4. The molecule has 0 spiro atoms. The number of nitrogens with one attached hydrogen (secondary N) is 1. The van der Waals surface area contributed by atoms with Gasteiger partial charge in [-0.15, -0.1) is 11.3 Å². The van der Waals surface area contributed by atoms with Crippen molar-refractivity contribution in [2.75, 3.05) is 5.32 Å². The average molecular weight is 310 g/mol. The van der Waals surface area contributed by atoms with Gasteiger partial charge in [-0.2, -0.15) is 0 Å². The van der Waals surface area contributed by atoms with Crippen molar-refractivity contribution in [2.45, 2.75) is 6.92 Å². The number of carboxylic acid groups (broad SMARTS) is 1. The Hall–Kier alpha value is -2.66. The first-order valence-electron chi connectivity index (χ1n) is 6.77. The van der Waals surface area contributed by atoms with Crippen LogP contribution >= 0.6 is 11.3 Å². The molecule has 2 N–H and O–H groups in total. The van der Waals surface area contributed by atoms with Crippen molar-refractivity contribution in [2.24, 2.45) is 0 Å². The van der Waals surface area contributed by atoms with Crippen LogP contribution in [0.3, 0.4) is 0 Å². The summed E-state index contributed by atoms with van der Waals surface area (Å²) in [4.78, 5) is 16.7. The molecule has 0 radical (unpaired) electrons. The maximum atomic E-state index is 11.0. The highest BCUT2D eigenvalue weighted by Crippen LogP contribution is 2.31. The highest BCUT2D eigenvalue weighted by Gasteiger charge is 2.10. The van der Waals surface area contributed by atoms with E-state index in [4.69, 9.17) is 5.11 Å². The summed E-state index contributed by atoms with van der Waals surface area (Å²) in [7, 11) is 0. The summed E-state index contributed by atoms with van der Waals surface area (Å²) in [6.45, 7) is 2.03. The maximum absolute atomic E-state index is 11.0. The minimum atomic E-state index is -0.941. The standard InChI is InChI=1S/C17H14N2O2S/c1-11-15(12-6-3-2-4-7-12)19-17(22-11)18-14-9-5-8-13(10-14)16(20)21/h2-10H,1H3,(H,18,19)(H,20,21). The lowest BCUT2D eigenvalue weighted by atomic mass is 10.1. The number of nitrogens with zero attached hydrogens (tertiary/aromatic N) is 1. The van der Waals surface area contributed by atoms with Crippen molar-refractivity contribution in [3.05, 3.63) is 65.0 Å². The lowest BCUT2D eigenvalue weighted by Crippen LogP contribution is -1.97. The predicted molar refractivity (Wildman–Crippen MR) is 89.0 cm³/mol. The molecule has 3 rings (SSSR count). The molecule has 0 amide bonds. The largest absolute Gasteiger partial charge is 0.478 e. The second kappa shape index (κ2) is 5.99. The van der Waals surface area contributed by atoms with Gasteiger partial charge in [-0.3, -0.25) is 0 Å². The molecule has 0 atom stereocenters. The van der Waals surface area contributed by atoms with E-state index in [9.17, 15) is 4.79 Å². The lowest BCUT2D eigenvalue weighted by Gasteiger charge is -2.03. The van der Waals surface area contributed by atoms with Crippen molar-refractivity contribution in [1.29, 1.82) is 0 Å². The number of hydrogen-bond acceptors (Lipinski definition) is 4. The number of anilines is 2. The molecule has 2 aromatic carbocycles. The fraction of sp³-hybridized carbons (Fsp3) is 0.0588. The molecule has 0 unspecified atom stereocenters. The third-order valence-corrected chi connectivity index (χ3v) is 4.09. The number of benzene rings is 2. The Balaban J connectivity index is 1.88. The second-order valence-electron chi connectivity index (χ2n) is 4.80. The zero-order chi connectivity index (χ0) is 15.5. The first-order chi connectivity index (χ1) is 10.6. The van der Waals surface area contributed by atoms with Gasteiger partial charge in [0.1, 0.15) is 0 Å². The zero-order valence-corrected chi connectivity index (χ0v) is 12.7. The summed E-state index contributed by atoms with van der Waals surface area (Å²) in [5.74, 6) is -0.941. The molecule has 0 saturated carbocycles. The molecule has 0 bridgehead atoms. The quantitative estimate of drug-likeness (QED) is 0.741. The van der Waals surface area contributed by atoms with Gasteiger partial charge in [0.15, 0.2) is 5.13 Å². The summed E-state index contributed by atoms with van der Waals surface area (Å²) < 4.78 is 0. The summed E-state index contributed by atoms with van der Waals surface area (Å²) in [6.07, 6.45) is 0. The number of hydrogen-bond donors (Lipinski definition) is 2. The van der Waals surface area contributed by atoms with Crippen molar-refractivity contribution in [3.8, 4) is 11.3 Å². The molecule has 0 saturated heterocycles. The molecule has 0 aliphatic heterocycles. The lowest BCUT2D eigenvalue weighted by molar-refractivity contribution is 0.0697. The maximum Gasteiger partial charge on any atom is 0.335 e. The van der Waals surface area contributed by atoms with E-state index in [1.165, 1.54) is 0 Å². The van der Waals surface area contributed by atoms with Gasteiger partial charge in [0.2, 0.25) is 0 Å². The van der Waals surface area contributed by atoms with Crippen LogP contribution < -0.4 is 5.32 Å². The van der Waals surface area contributed by atoms with Crippen LogP contribution in [-0.2, 0) is 0 Å². The van der Waals surface area contributed by atoms with Gasteiger partial charge in [-0.1, -0.05) is 36.4 Å². The highest BCUT2D eigenvalue weighted by atomic mass is 32.1. The molecule has 4 nitrogen and oxygen atoms in total. The van der Waals surface area contributed by atoms with Crippen molar-refractivity contribution in [1.82, 2.24) is 4.98 Å². The van der Waals surface area contributed by atoms with Crippen LogP contribution in [0.25, 0.3) is 11.3 Å². The highest BCUT2D eigenvalue weighted by molar-refractivity contribution is 7.16. The van der Waals surface area contributed by atoms with Crippen LogP contribution in [0.15, 0.2) is 54.6 Å². The van der Waals surface area contributed by atoms with E-state index in [0.717, 1.165) is 21.3 Å². The summed E-state index contributed by atoms with van der Waals surface area (Å²) >= 11 is 1.55. The number of carboxylic acids is 1. The Bertz CT molecular complexity index is 813. The fourth-order valence-corrected chi connectivity index (χ4v) is 3.02. The minimum absolute atomic E-state index is 0.251. The Morgan fingerprint density at radius 3 is 2.64 bits per heavy atom. The van der Waals surface area contributed by atoms with Crippen molar-refractivity contribution in [3.63, 3.8) is 0 Å². The summed E-state index contributed by atoms with van der Waals surface area (Å²) in [5.41, 5.74) is 2.99. The van der Waals surface area contributed by atoms with Gasteiger partial charge in [0.25, 0.3) is 0 Å². The van der Waals surface area contributed by atoms with Crippen LogP contribution in [-0.4, -0.2) is 16.1 Å².